The number of hydrogen-bond donors (Lipinski definition) is 1. The lowest BCUT2D eigenvalue weighted by Crippen LogP contribution is -2.51. The Labute approximate surface area is 132 Å². The number of carbonyl (C=O) groups is 1. The smallest absolute Gasteiger partial charge is 0.317 e. The predicted molar refractivity (Wildman–Crippen MR) is 86.4 cm³/mol. The minimum atomic E-state index is 0.165. The van der Waals surface area contributed by atoms with E-state index in [1.165, 1.54) is 18.5 Å². The van der Waals surface area contributed by atoms with Gasteiger partial charge in [0.05, 0.1) is 0 Å². The summed E-state index contributed by atoms with van der Waals surface area (Å²) in [6, 6.07) is 11.3. The van der Waals surface area contributed by atoms with Crippen LogP contribution in [0.15, 0.2) is 30.3 Å². The molecule has 4 nitrogen and oxygen atoms in total. The summed E-state index contributed by atoms with van der Waals surface area (Å²) in [7, 11) is 0. The summed E-state index contributed by atoms with van der Waals surface area (Å²) in [5, 5.41) is 3.30. The van der Waals surface area contributed by atoms with Crippen LogP contribution in [0, 0.1) is 11.8 Å². The molecule has 0 radical (unpaired) electrons. The number of nitrogens with zero attached hydrogens (tertiary/aromatic N) is 2. The van der Waals surface area contributed by atoms with Crippen LogP contribution in [0.5, 0.6) is 0 Å². The number of likely N-dealkylation sites (tertiary alicyclic amines) is 2. The normalized spacial score (nSPS) is 30.9. The quantitative estimate of drug-likeness (QED) is 0.929. The molecule has 3 atom stereocenters. The Morgan fingerprint density at radius 3 is 2.68 bits per heavy atom. The summed E-state index contributed by atoms with van der Waals surface area (Å²) in [5.74, 6) is 1.42. The largest absolute Gasteiger partial charge is 0.335 e. The van der Waals surface area contributed by atoms with Crippen LogP contribution in [-0.2, 0) is 6.54 Å². The van der Waals surface area contributed by atoms with Gasteiger partial charge in [0.25, 0.3) is 0 Å². The van der Waals surface area contributed by atoms with Crippen molar-refractivity contribution in [2.24, 2.45) is 11.8 Å². The first-order valence-corrected chi connectivity index (χ1v) is 8.61. The maximum Gasteiger partial charge on any atom is 0.317 e. The van der Waals surface area contributed by atoms with Crippen molar-refractivity contribution in [2.45, 2.75) is 31.8 Å². The topological polar surface area (TPSA) is 35.6 Å². The highest BCUT2D eigenvalue weighted by Gasteiger charge is 2.43. The lowest BCUT2D eigenvalue weighted by molar-refractivity contribution is 0.160. The second-order valence-electron chi connectivity index (χ2n) is 7.08. The molecule has 3 aliphatic rings. The highest BCUT2D eigenvalue weighted by Crippen LogP contribution is 2.38. The van der Waals surface area contributed by atoms with Crippen LogP contribution in [0.1, 0.15) is 24.8 Å². The van der Waals surface area contributed by atoms with E-state index in [2.05, 4.69) is 40.5 Å². The maximum absolute atomic E-state index is 12.1. The van der Waals surface area contributed by atoms with Crippen molar-refractivity contribution in [2.75, 3.05) is 26.2 Å². The fourth-order valence-electron chi connectivity index (χ4n) is 4.28. The van der Waals surface area contributed by atoms with Gasteiger partial charge in [0, 0.05) is 38.8 Å². The van der Waals surface area contributed by atoms with E-state index in [9.17, 15) is 4.79 Å². The van der Waals surface area contributed by atoms with Crippen molar-refractivity contribution in [3.8, 4) is 0 Å². The SMILES string of the molecule is O=C(NC1CC[C@@H]2CN(Cc3ccccc3)C[C@@H]12)N1CCC1. The molecule has 2 amide bonds. The van der Waals surface area contributed by atoms with Crippen LogP contribution in [0.2, 0.25) is 0 Å². The van der Waals surface area contributed by atoms with Gasteiger partial charge in [-0.3, -0.25) is 4.90 Å². The van der Waals surface area contributed by atoms with E-state index in [0.717, 1.165) is 44.9 Å². The minimum absolute atomic E-state index is 0.165. The van der Waals surface area contributed by atoms with Crippen LogP contribution >= 0.6 is 0 Å². The van der Waals surface area contributed by atoms with Crippen molar-refractivity contribution in [1.29, 1.82) is 0 Å². The second-order valence-corrected chi connectivity index (χ2v) is 7.08. The molecule has 1 aromatic carbocycles. The molecule has 2 aliphatic heterocycles. The third-order valence-corrected chi connectivity index (χ3v) is 5.63. The molecule has 1 aromatic rings. The molecule has 4 heteroatoms. The van der Waals surface area contributed by atoms with Gasteiger partial charge in [0.2, 0.25) is 0 Å². The lowest BCUT2D eigenvalue weighted by atomic mass is 9.98. The van der Waals surface area contributed by atoms with Crippen molar-refractivity contribution in [3.63, 3.8) is 0 Å². The van der Waals surface area contributed by atoms with E-state index in [4.69, 9.17) is 0 Å². The Balaban J connectivity index is 1.33. The van der Waals surface area contributed by atoms with Crippen molar-refractivity contribution >= 4 is 6.03 Å². The van der Waals surface area contributed by atoms with Gasteiger partial charge in [0.1, 0.15) is 0 Å². The monoisotopic (exact) mass is 299 g/mol. The molecule has 22 heavy (non-hydrogen) atoms. The molecule has 118 valence electrons. The van der Waals surface area contributed by atoms with Crippen molar-refractivity contribution < 1.29 is 4.79 Å². The number of carbonyl (C=O) groups excluding carboxylic acids is 1. The average Bonchev–Trinajstić information content (AvgIpc) is 3.00. The highest BCUT2D eigenvalue weighted by atomic mass is 16.2. The fourth-order valence-corrected chi connectivity index (χ4v) is 4.28. The first kappa shape index (κ1) is 14.1. The van der Waals surface area contributed by atoms with E-state index in [0.29, 0.717) is 12.0 Å². The molecular weight excluding hydrogens is 274 g/mol. The fraction of sp³-hybridized carbons (Fsp3) is 0.611. The zero-order valence-corrected chi connectivity index (χ0v) is 13.1. The molecule has 0 aromatic heterocycles. The van der Waals surface area contributed by atoms with Gasteiger partial charge < -0.3 is 10.2 Å². The number of rotatable bonds is 3. The second kappa shape index (κ2) is 5.92. The molecular formula is C18H25N3O. The third kappa shape index (κ3) is 2.72. The molecule has 2 saturated heterocycles. The predicted octanol–water partition coefficient (Wildman–Crippen LogP) is 2.31. The Bertz CT molecular complexity index is 528. The van der Waals surface area contributed by atoms with Crippen molar-refractivity contribution in [3.05, 3.63) is 35.9 Å². The van der Waals surface area contributed by atoms with E-state index in [1.54, 1.807) is 0 Å². The highest BCUT2D eigenvalue weighted by molar-refractivity contribution is 5.75. The molecule has 1 aliphatic carbocycles. The van der Waals surface area contributed by atoms with Gasteiger partial charge in [0.15, 0.2) is 0 Å². The van der Waals surface area contributed by atoms with Crippen LogP contribution in [0.4, 0.5) is 4.79 Å². The van der Waals surface area contributed by atoms with Crippen LogP contribution in [-0.4, -0.2) is 48.1 Å². The summed E-state index contributed by atoms with van der Waals surface area (Å²) in [6.45, 7) is 5.24. The molecule has 1 unspecified atom stereocenters. The molecule has 2 heterocycles. The minimum Gasteiger partial charge on any atom is -0.335 e. The van der Waals surface area contributed by atoms with Crippen LogP contribution in [0.25, 0.3) is 0 Å². The standard InChI is InChI=1S/C18H25N3O/c22-18(21-9-4-10-21)19-17-8-7-15-12-20(13-16(15)17)11-14-5-2-1-3-6-14/h1-3,5-6,15-17H,4,7-13H2,(H,19,22)/t15-,16-,17?/m1/s1. The average molecular weight is 299 g/mol. The third-order valence-electron chi connectivity index (χ3n) is 5.63. The van der Waals surface area contributed by atoms with Crippen molar-refractivity contribution in [1.82, 2.24) is 15.1 Å². The molecule has 0 spiro atoms. The number of amides is 2. The van der Waals surface area contributed by atoms with Gasteiger partial charge >= 0.3 is 6.03 Å². The Morgan fingerprint density at radius 2 is 1.95 bits per heavy atom. The van der Waals surface area contributed by atoms with Gasteiger partial charge in [-0.05, 0) is 36.7 Å². The Morgan fingerprint density at radius 1 is 1.14 bits per heavy atom. The summed E-state index contributed by atoms with van der Waals surface area (Å²) in [4.78, 5) is 16.6. The van der Waals surface area contributed by atoms with E-state index >= 15 is 0 Å². The number of hydrogen-bond acceptors (Lipinski definition) is 2. The zero-order chi connectivity index (χ0) is 14.9. The number of fused-ring (bicyclic) bond motifs is 1. The summed E-state index contributed by atoms with van der Waals surface area (Å²) in [6.07, 6.45) is 3.59. The van der Waals surface area contributed by atoms with Gasteiger partial charge in [-0.2, -0.15) is 0 Å². The van der Waals surface area contributed by atoms with E-state index in [1.807, 2.05) is 4.90 Å². The first-order chi connectivity index (χ1) is 10.8. The van der Waals surface area contributed by atoms with E-state index in [-0.39, 0.29) is 6.03 Å². The zero-order valence-electron chi connectivity index (χ0n) is 13.1. The van der Waals surface area contributed by atoms with Gasteiger partial charge in [-0.25, -0.2) is 4.79 Å². The molecule has 1 saturated carbocycles. The maximum atomic E-state index is 12.1. The van der Waals surface area contributed by atoms with Crippen LogP contribution in [0.3, 0.4) is 0 Å². The number of nitrogens with one attached hydrogen (secondary N) is 1. The van der Waals surface area contributed by atoms with Gasteiger partial charge in [-0.15, -0.1) is 0 Å². The molecule has 3 fully saturated rings. The molecule has 0 bridgehead atoms. The summed E-state index contributed by atoms with van der Waals surface area (Å²) >= 11 is 0. The number of benzene rings is 1. The summed E-state index contributed by atoms with van der Waals surface area (Å²) < 4.78 is 0. The first-order valence-electron chi connectivity index (χ1n) is 8.61. The Hall–Kier alpha value is -1.55. The lowest BCUT2D eigenvalue weighted by Gasteiger charge is -2.33. The van der Waals surface area contributed by atoms with E-state index < -0.39 is 0 Å². The van der Waals surface area contributed by atoms with Gasteiger partial charge in [-0.1, -0.05) is 30.3 Å². The number of urea groups is 1. The molecule has 1 N–H and O–H groups in total. The molecule has 4 rings (SSSR count). The summed E-state index contributed by atoms with van der Waals surface area (Å²) in [5.41, 5.74) is 1.39. The van der Waals surface area contributed by atoms with Crippen LogP contribution < -0.4 is 5.32 Å². The Kier molecular flexibility index (Phi) is 3.78.